The van der Waals surface area contributed by atoms with Gasteiger partial charge >= 0.3 is 0 Å². The Morgan fingerprint density at radius 2 is 2.18 bits per heavy atom. The van der Waals surface area contributed by atoms with Crippen LogP contribution in [0.4, 0.5) is 0 Å². The summed E-state index contributed by atoms with van der Waals surface area (Å²) in [5.74, 6) is 0. The number of nitriles is 1. The van der Waals surface area contributed by atoms with Crippen LogP contribution in [0.5, 0.6) is 0 Å². The van der Waals surface area contributed by atoms with Crippen molar-refractivity contribution in [2.24, 2.45) is 0 Å². The number of rotatable bonds is 3. The second-order valence-electron chi connectivity index (χ2n) is 4.89. The Balaban J connectivity index is 2.12. The van der Waals surface area contributed by atoms with Crippen LogP contribution in [-0.2, 0) is 6.42 Å². The summed E-state index contributed by atoms with van der Waals surface area (Å²) in [5, 5.41) is 9.92. The molecule has 5 heteroatoms. The smallest absolute Gasteiger partial charge is 0.125 e. The number of nitrogens with zero attached hydrogens (tertiary/aromatic N) is 4. The second kappa shape index (κ2) is 6.04. The van der Waals surface area contributed by atoms with Gasteiger partial charge in [0, 0.05) is 24.2 Å². The maximum absolute atomic E-state index is 8.97. The molecule has 0 aliphatic carbocycles. The molecule has 0 unspecified atom stereocenters. The van der Waals surface area contributed by atoms with Crippen LogP contribution in [0.1, 0.15) is 23.7 Å². The molecule has 0 saturated heterocycles. The molecule has 0 saturated carbocycles. The van der Waals surface area contributed by atoms with Gasteiger partial charge in [0.15, 0.2) is 0 Å². The minimum Gasteiger partial charge on any atom is -0.264 e. The molecule has 0 spiro atoms. The van der Waals surface area contributed by atoms with Gasteiger partial charge < -0.3 is 0 Å². The Morgan fingerprint density at radius 3 is 2.82 bits per heavy atom. The van der Waals surface area contributed by atoms with Crippen LogP contribution in [0.3, 0.4) is 0 Å². The molecule has 3 aromatic rings. The predicted octanol–water partition coefficient (Wildman–Crippen LogP) is 4.01. The standard InChI is InChI=1S/C17H14N4S/c1-3-14-16(15-11(2)7-12(8-18)9-20-15)22-17(21-14)13-5-4-6-19-10-13/h4-7,9-10H,3H2,1-2H3. The summed E-state index contributed by atoms with van der Waals surface area (Å²) >= 11 is 1.62. The Kier molecular flexibility index (Phi) is 3.94. The van der Waals surface area contributed by atoms with Gasteiger partial charge in [-0.2, -0.15) is 5.26 Å². The molecule has 108 valence electrons. The quantitative estimate of drug-likeness (QED) is 0.733. The summed E-state index contributed by atoms with van der Waals surface area (Å²) in [4.78, 5) is 14.4. The first kappa shape index (κ1) is 14.4. The van der Waals surface area contributed by atoms with Crippen LogP contribution in [0.2, 0.25) is 0 Å². The molecule has 0 amide bonds. The van der Waals surface area contributed by atoms with Gasteiger partial charge in [-0.3, -0.25) is 9.97 Å². The zero-order valence-corrected chi connectivity index (χ0v) is 13.2. The van der Waals surface area contributed by atoms with E-state index >= 15 is 0 Å². The summed E-state index contributed by atoms with van der Waals surface area (Å²) in [6.07, 6.45) is 6.03. The number of hydrogen-bond acceptors (Lipinski definition) is 5. The van der Waals surface area contributed by atoms with Crippen LogP contribution >= 0.6 is 11.3 Å². The predicted molar refractivity (Wildman–Crippen MR) is 87.4 cm³/mol. The van der Waals surface area contributed by atoms with E-state index in [2.05, 4.69) is 23.0 Å². The summed E-state index contributed by atoms with van der Waals surface area (Å²) in [6.45, 7) is 4.07. The van der Waals surface area contributed by atoms with Gasteiger partial charge in [-0.1, -0.05) is 6.92 Å². The molecular weight excluding hydrogens is 292 g/mol. The highest BCUT2D eigenvalue weighted by atomic mass is 32.1. The van der Waals surface area contributed by atoms with Crippen LogP contribution in [0.15, 0.2) is 36.8 Å². The minimum absolute atomic E-state index is 0.580. The molecular formula is C17H14N4S. The van der Waals surface area contributed by atoms with Crippen molar-refractivity contribution in [1.82, 2.24) is 15.0 Å². The van der Waals surface area contributed by atoms with Gasteiger partial charge in [0.2, 0.25) is 0 Å². The van der Waals surface area contributed by atoms with Gasteiger partial charge in [-0.05, 0) is 37.1 Å². The summed E-state index contributed by atoms with van der Waals surface area (Å²) in [7, 11) is 0. The van der Waals surface area contributed by atoms with Crippen molar-refractivity contribution in [3.63, 3.8) is 0 Å². The first-order valence-electron chi connectivity index (χ1n) is 7.00. The highest BCUT2D eigenvalue weighted by Gasteiger charge is 2.16. The highest BCUT2D eigenvalue weighted by molar-refractivity contribution is 7.18. The van der Waals surface area contributed by atoms with Crippen LogP contribution in [0, 0.1) is 18.3 Å². The third-order valence-electron chi connectivity index (χ3n) is 3.36. The maximum atomic E-state index is 8.97. The Hall–Kier alpha value is -2.58. The SMILES string of the molecule is CCc1nc(-c2cccnc2)sc1-c1ncc(C#N)cc1C. The van der Waals surface area contributed by atoms with E-state index in [4.69, 9.17) is 10.2 Å². The molecule has 0 aliphatic heterocycles. The summed E-state index contributed by atoms with van der Waals surface area (Å²) in [6, 6.07) is 7.91. The fourth-order valence-corrected chi connectivity index (χ4v) is 3.47. The fourth-order valence-electron chi connectivity index (χ4n) is 2.26. The number of thiazole rings is 1. The molecule has 0 aliphatic rings. The molecule has 4 nitrogen and oxygen atoms in total. The van der Waals surface area contributed by atoms with E-state index in [0.717, 1.165) is 38.8 Å². The van der Waals surface area contributed by atoms with E-state index in [9.17, 15) is 0 Å². The average molecular weight is 306 g/mol. The molecule has 3 heterocycles. The van der Waals surface area contributed by atoms with Crippen LogP contribution in [-0.4, -0.2) is 15.0 Å². The minimum atomic E-state index is 0.580. The van der Waals surface area contributed by atoms with E-state index in [-0.39, 0.29) is 0 Å². The monoisotopic (exact) mass is 306 g/mol. The lowest BCUT2D eigenvalue weighted by Crippen LogP contribution is -1.91. The maximum Gasteiger partial charge on any atom is 0.125 e. The Morgan fingerprint density at radius 1 is 1.32 bits per heavy atom. The van der Waals surface area contributed by atoms with Gasteiger partial charge in [-0.15, -0.1) is 11.3 Å². The van der Waals surface area contributed by atoms with Crippen molar-refractivity contribution in [3.05, 3.63) is 53.6 Å². The number of pyridine rings is 2. The van der Waals surface area contributed by atoms with Crippen LogP contribution < -0.4 is 0 Å². The zero-order valence-electron chi connectivity index (χ0n) is 12.4. The third kappa shape index (κ3) is 2.61. The molecule has 0 radical (unpaired) electrons. The number of aryl methyl sites for hydroxylation is 2. The number of hydrogen-bond donors (Lipinski definition) is 0. The van der Waals surface area contributed by atoms with E-state index in [0.29, 0.717) is 5.56 Å². The molecule has 0 atom stereocenters. The molecule has 0 bridgehead atoms. The molecule has 0 N–H and O–H groups in total. The van der Waals surface area contributed by atoms with Crippen molar-refractivity contribution < 1.29 is 0 Å². The second-order valence-corrected chi connectivity index (χ2v) is 5.89. The molecule has 0 aromatic carbocycles. The van der Waals surface area contributed by atoms with Crippen molar-refractivity contribution in [3.8, 4) is 27.2 Å². The lowest BCUT2D eigenvalue weighted by Gasteiger charge is -2.03. The third-order valence-corrected chi connectivity index (χ3v) is 4.52. The lowest BCUT2D eigenvalue weighted by molar-refractivity contribution is 1.06. The first-order chi connectivity index (χ1) is 10.7. The normalized spacial score (nSPS) is 10.4. The van der Waals surface area contributed by atoms with Gasteiger partial charge in [0.05, 0.1) is 21.8 Å². The van der Waals surface area contributed by atoms with Crippen LogP contribution in [0.25, 0.3) is 21.1 Å². The largest absolute Gasteiger partial charge is 0.264 e. The fraction of sp³-hybridized carbons (Fsp3) is 0.176. The summed E-state index contributed by atoms with van der Waals surface area (Å²) < 4.78 is 0. The van der Waals surface area contributed by atoms with E-state index in [1.807, 2.05) is 31.3 Å². The van der Waals surface area contributed by atoms with E-state index in [1.54, 1.807) is 23.7 Å². The highest BCUT2D eigenvalue weighted by Crippen LogP contribution is 2.36. The van der Waals surface area contributed by atoms with Gasteiger partial charge in [0.1, 0.15) is 11.1 Å². The van der Waals surface area contributed by atoms with Crippen molar-refractivity contribution in [1.29, 1.82) is 5.26 Å². The van der Waals surface area contributed by atoms with E-state index < -0.39 is 0 Å². The average Bonchev–Trinajstić information content (AvgIpc) is 2.99. The van der Waals surface area contributed by atoms with Crippen molar-refractivity contribution in [2.75, 3.05) is 0 Å². The molecule has 22 heavy (non-hydrogen) atoms. The Bertz CT molecular complexity index is 847. The molecule has 0 fully saturated rings. The van der Waals surface area contributed by atoms with Gasteiger partial charge in [-0.25, -0.2) is 4.98 Å². The van der Waals surface area contributed by atoms with E-state index in [1.165, 1.54) is 0 Å². The van der Waals surface area contributed by atoms with Crippen molar-refractivity contribution in [2.45, 2.75) is 20.3 Å². The molecule has 3 rings (SSSR count). The topological polar surface area (TPSA) is 62.5 Å². The summed E-state index contributed by atoms with van der Waals surface area (Å²) in [5.41, 5.74) is 4.53. The van der Waals surface area contributed by atoms with Crippen molar-refractivity contribution >= 4 is 11.3 Å². The zero-order chi connectivity index (χ0) is 15.5. The number of aromatic nitrogens is 3. The first-order valence-corrected chi connectivity index (χ1v) is 7.81. The van der Waals surface area contributed by atoms with Gasteiger partial charge in [0.25, 0.3) is 0 Å². The Labute approximate surface area is 133 Å². The lowest BCUT2D eigenvalue weighted by atomic mass is 10.1. The molecule has 3 aromatic heterocycles.